The maximum atomic E-state index is 14.7. The Balaban J connectivity index is 0.00000361. The Morgan fingerprint density at radius 3 is 1.39 bits per heavy atom. The molecule has 0 unspecified atom stereocenters. The number of anilines is 2. The molecule has 4 aromatic rings. The molecule has 0 N–H and O–H groups in total. The molecular weight excluding hydrogens is 651 g/mol. The normalized spacial score (nSPS) is 10.7. The van der Waals surface area contributed by atoms with Crippen LogP contribution in [0.25, 0.3) is 22.5 Å². The Morgan fingerprint density at radius 2 is 1.03 bits per heavy atom. The summed E-state index contributed by atoms with van der Waals surface area (Å²) < 4.78 is 58.7. The van der Waals surface area contributed by atoms with E-state index in [4.69, 9.17) is 0 Å². The molecule has 0 bridgehead atoms. The number of pyridine rings is 2. The monoisotopic (exact) mass is 673 g/mol. The third-order valence-corrected chi connectivity index (χ3v) is 5.50. The van der Waals surface area contributed by atoms with Gasteiger partial charge in [-0.3, -0.25) is 17.6 Å². The van der Waals surface area contributed by atoms with Gasteiger partial charge in [0.1, 0.15) is 0 Å². The standard InChI is InChI=1S/C27H22F4N4.Pt/c1-34(2)18-5-7-32-26(12-18)20-10-16(22(28)14-24(20)30)9-17-11-21(25(31)15-23(17)29)27-13-19(35(3)4)6-8-33-27;/h5-8,12-15H,9H2,1-4H3;/q-2;+2. The second-order valence-corrected chi connectivity index (χ2v) is 8.40. The van der Waals surface area contributed by atoms with Crippen LogP contribution in [0.4, 0.5) is 28.9 Å². The maximum Gasteiger partial charge on any atom is 2.00 e. The van der Waals surface area contributed by atoms with E-state index in [1.807, 2.05) is 38.0 Å². The first-order chi connectivity index (χ1) is 16.6. The molecular formula is C27H22F4N4Pt. The summed E-state index contributed by atoms with van der Waals surface area (Å²) in [5, 5.41) is 0. The average Bonchev–Trinajstić information content (AvgIpc) is 2.82. The van der Waals surface area contributed by atoms with Crippen molar-refractivity contribution in [1.82, 2.24) is 9.97 Å². The van der Waals surface area contributed by atoms with Crippen LogP contribution in [0.5, 0.6) is 0 Å². The second-order valence-electron chi connectivity index (χ2n) is 8.40. The van der Waals surface area contributed by atoms with Crippen molar-refractivity contribution >= 4 is 11.4 Å². The number of hydrogen-bond donors (Lipinski definition) is 0. The summed E-state index contributed by atoms with van der Waals surface area (Å²) in [4.78, 5) is 12.0. The molecule has 0 spiro atoms. The van der Waals surface area contributed by atoms with Crippen molar-refractivity contribution in [3.63, 3.8) is 0 Å². The van der Waals surface area contributed by atoms with Crippen LogP contribution < -0.4 is 9.80 Å². The quantitative estimate of drug-likeness (QED) is 0.195. The second kappa shape index (κ2) is 11.2. The van der Waals surface area contributed by atoms with Gasteiger partial charge in [0.25, 0.3) is 0 Å². The summed E-state index contributed by atoms with van der Waals surface area (Å²) in [6.45, 7) is 0. The Labute approximate surface area is 221 Å². The number of benzene rings is 2. The summed E-state index contributed by atoms with van der Waals surface area (Å²) in [5.41, 5.74) is 1.75. The molecule has 0 radical (unpaired) electrons. The van der Waals surface area contributed by atoms with Crippen LogP contribution in [0, 0.1) is 35.4 Å². The zero-order valence-electron chi connectivity index (χ0n) is 19.9. The molecule has 2 heterocycles. The number of hydrogen-bond acceptors (Lipinski definition) is 4. The summed E-state index contributed by atoms with van der Waals surface area (Å²) in [6.07, 6.45) is 2.70. The van der Waals surface area contributed by atoms with E-state index in [2.05, 4.69) is 22.1 Å². The van der Waals surface area contributed by atoms with E-state index in [1.165, 1.54) is 12.4 Å². The first kappa shape index (κ1) is 27.3. The van der Waals surface area contributed by atoms with Gasteiger partial charge in [-0.1, -0.05) is 46.5 Å². The summed E-state index contributed by atoms with van der Waals surface area (Å²) >= 11 is 0. The van der Waals surface area contributed by atoms with Crippen molar-refractivity contribution in [2.45, 2.75) is 6.42 Å². The molecule has 36 heavy (non-hydrogen) atoms. The van der Waals surface area contributed by atoms with Crippen LogP contribution in [-0.2, 0) is 27.5 Å². The van der Waals surface area contributed by atoms with Crippen LogP contribution in [0.2, 0.25) is 0 Å². The first-order valence-corrected chi connectivity index (χ1v) is 10.7. The van der Waals surface area contributed by atoms with Gasteiger partial charge in [-0.25, -0.2) is 0 Å². The smallest absolute Gasteiger partial charge is 0.378 e. The van der Waals surface area contributed by atoms with Crippen LogP contribution >= 0.6 is 0 Å². The molecule has 0 aliphatic rings. The minimum Gasteiger partial charge on any atom is -0.378 e. The predicted octanol–water partition coefficient (Wildman–Crippen LogP) is 5.69. The van der Waals surface area contributed by atoms with Gasteiger partial charge in [-0.05, 0) is 29.9 Å². The molecule has 2 aromatic heterocycles. The van der Waals surface area contributed by atoms with Gasteiger partial charge in [0, 0.05) is 75.2 Å². The Bertz CT molecular complexity index is 1290. The van der Waals surface area contributed by atoms with Crippen molar-refractivity contribution in [3.05, 3.63) is 95.3 Å². The van der Waals surface area contributed by atoms with Gasteiger partial charge in [0.05, 0.1) is 0 Å². The molecule has 0 atom stereocenters. The molecule has 9 heteroatoms. The summed E-state index contributed by atoms with van der Waals surface area (Å²) in [7, 11) is 7.29. The van der Waals surface area contributed by atoms with E-state index < -0.39 is 23.3 Å². The Morgan fingerprint density at radius 1 is 0.639 bits per heavy atom. The molecule has 0 saturated heterocycles. The van der Waals surface area contributed by atoms with Crippen molar-refractivity contribution in [3.8, 4) is 22.5 Å². The number of aromatic nitrogens is 2. The van der Waals surface area contributed by atoms with Crippen molar-refractivity contribution in [1.29, 1.82) is 0 Å². The van der Waals surface area contributed by atoms with Gasteiger partial charge < -0.3 is 19.8 Å². The van der Waals surface area contributed by atoms with Crippen LogP contribution in [0.3, 0.4) is 0 Å². The molecule has 0 saturated carbocycles. The molecule has 0 aliphatic carbocycles. The van der Waals surface area contributed by atoms with Crippen LogP contribution in [-0.4, -0.2) is 38.2 Å². The largest absolute Gasteiger partial charge is 2.00 e. The third-order valence-electron chi connectivity index (χ3n) is 5.50. The predicted molar refractivity (Wildman–Crippen MR) is 128 cm³/mol. The van der Waals surface area contributed by atoms with Gasteiger partial charge in [-0.15, -0.1) is 12.1 Å². The van der Waals surface area contributed by atoms with E-state index in [0.29, 0.717) is 0 Å². The van der Waals surface area contributed by atoms with Gasteiger partial charge in [0.15, 0.2) is 0 Å². The minimum atomic E-state index is -0.901. The van der Waals surface area contributed by atoms with E-state index in [9.17, 15) is 17.6 Å². The molecule has 4 rings (SSSR count). The van der Waals surface area contributed by atoms with E-state index in [1.54, 1.807) is 24.3 Å². The molecule has 0 fully saturated rings. The fourth-order valence-electron chi connectivity index (χ4n) is 3.56. The molecule has 0 aliphatic heterocycles. The summed E-state index contributed by atoms with van der Waals surface area (Å²) in [6, 6.07) is 13.6. The van der Waals surface area contributed by atoms with Crippen LogP contribution in [0.15, 0.2) is 48.8 Å². The van der Waals surface area contributed by atoms with Gasteiger partial charge in [0.2, 0.25) is 0 Å². The van der Waals surface area contributed by atoms with Crippen molar-refractivity contribution < 1.29 is 38.6 Å². The fourth-order valence-corrected chi connectivity index (χ4v) is 3.56. The molecule has 0 amide bonds. The van der Waals surface area contributed by atoms with E-state index in [0.717, 1.165) is 23.5 Å². The maximum absolute atomic E-state index is 14.7. The molecule has 188 valence electrons. The number of nitrogens with zero attached hydrogens (tertiary/aromatic N) is 4. The zero-order valence-corrected chi connectivity index (χ0v) is 22.2. The SMILES string of the molecule is CN(C)c1ccnc(-c2[c-]c(Cc3[c-]c(-c4cc(N(C)C)ccn4)c(F)cc3F)c(F)cc2F)c1.[Pt+2]. The van der Waals surface area contributed by atoms with Crippen molar-refractivity contribution in [2.75, 3.05) is 38.0 Å². The molecule has 4 nitrogen and oxygen atoms in total. The third kappa shape index (κ3) is 5.76. The van der Waals surface area contributed by atoms with E-state index in [-0.39, 0.29) is 61.1 Å². The Hall–Kier alpha value is -3.25. The summed E-state index contributed by atoms with van der Waals surface area (Å²) in [5.74, 6) is -3.49. The van der Waals surface area contributed by atoms with Crippen LogP contribution in [0.1, 0.15) is 11.1 Å². The zero-order chi connectivity index (χ0) is 25.3. The fraction of sp³-hybridized carbons (Fsp3) is 0.185. The Kier molecular flexibility index (Phi) is 8.51. The molecule has 2 aromatic carbocycles. The minimum absolute atomic E-state index is 0. The van der Waals surface area contributed by atoms with Gasteiger partial charge >= 0.3 is 21.1 Å². The number of halogens is 4. The number of rotatable bonds is 6. The van der Waals surface area contributed by atoms with E-state index >= 15 is 0 Å². The van der Waals surface area contributed by atoms with Gasteiger partial charge in [-0.2, -0.15) is 0 Å². The topological polar surface area (TPSA) is 32.3 Å². The van der Waals surface area contributed by atoms with Crippen molar-refractivity contribution in [2.24, 2.45) is 0 Å². The average molecular weight is 674 g/mol. The first-order valence-electron chi connectivity index (χ1n) is 10.7.